The van der Waals surface area contributed by atoms with Gasteiger partial charge in [-0.3, -0.25) is 4.90 Å². The van der Waals surface area contributed by atoms with E-state index in [9.17, 15) is 9.90 Å². The lowest BCUT2D eigenvalue weighted by molar-refractivity contribution is 0.0547. The number of nitrogens with one attached hydrogen (secondary N) is 1. The van der Waals surface area contributed by atoms with Gasteiger partial charge in [0.05, 0.1) is 0 Å². The van der Waals surface area contributed by atoms with Crippen LogP contribution in [0.2, 0.25) is 0 Å². The number of nitrogens with zero attached hydrogens (tertiary/aromatic N) is 1. The van der Waals surface area contributed by atoms with Gasteiger partial charge in [0.25, 0.3) is 0 Å². The third-order valence-corrected chi connectivity index (χ3v) is 3.65. The molecule has 1 aromatic carbocycles. The number of alkyl halides is 3. The Morgan fingerprint density at radius 3 is 2.32 bits per heavy atom. The van der Waals surface area contributed by atoms with E-state index in [4.69, 9.17) is 34.8 Å². The summed E-state index contributed by atoms with van der Waals surface area (Å²) < 4.78 is -1.96. The number of thioether (sulfide) groups is 1. The molecule has 0 saturated heterocycles. The number of halogens is 3. The summed E-state index contributed by atoms with van der Waals surface area (Å²) in [5.41, 5.74) is 0.589. The molecule has 19 heavy (non-hydrogen) atoms. The Bertz CT molecular complexity index is 437. The molecule has 2 N–H and O–H groups in total. The zero-order valence-electron chi connectivity index (χ0n) is 10.2. The normalized spacial score (nSPS) is 12.9. The van der Waals surface area contributed by atoms with E-state index in [1.165, 1.54) is 7.05 Å². The topological polar surface area (TPSA) is 52.6 Å². The lowest BCUT2D eigenvalue weighted by Gasteiger charge is -2.28. The summed E-state index contributed by atoms with van der Waals surface area (Å²) in [6.45, 7) is 0. The lowest BCUT2D eigenvalue weighted by Crippen LogP contribution is -2.46. The molecule has 0 fully saturated rings. The molecule has 0 aliphatic rings. The predicted octanol–water partition coefficient (Wildman–Crippen LogP) is 3.56. The molecule has 2 amide bonds. The Hall–Kier alpha value is -0.330. The molecule has 1 rings (SSSR count). The highest BCUT2D eigenvalue weighted by atomic mass is 35.6. The molecule has 1 aromatic rings. The van der Waals surface area contributed by atoms with Gasteiger partial charge in [0, 0.05) is 17.6 Å². The van der Waals surface area contributed by atoms with Crippen molar-refractivity contribution >= 4 is 58.3 Å². The van der Waals surface area contributed by atoms with Crippen LogP contribution >= 0.6 is 46.6 Å². The second-order valence-electron chi connectivity index (χ2n) is 3.68. The standard InChI is InChI=1S/C11H13Cl3N2O2S/c1-16(9(17)11(12,13)14)10(18)15-7-3-5-8(19-2)6-4-7/h3-6,9,17H,1-2H3,(H,15,18). The molecule has 4 nitrogen and oxygen atoms in total. The zero-order valence-corrected chi connectivity index (χ0v) is 13.3. The first-order chi connectivity index (χ1) is 8.75. The molecule has 0 heterocycles. The summed E-state index contributed by atoms with van der Waals surface area (Å²) in [6.07, 6.45) is 0.418. The van der Waals surface area contributed by atoms with Crippen molar-refractivity contribution in [1.29, 1.82) is 0 Å². The Morgan fingerprint density at radius 2 is 1.89 bits per heavy atom. The number of anilines is 1. The van der Waals surface area contributed by atoms with Gasteiger partial charge in [0.15, 0.2) is 6.23 Å². The van der Waals surface area contributed by atoms with Crippen LogP contribution in [0, 0.1) is 0 Å². The van der Waals surface area contributed by atoms with Crippen molar-refractivity contribution in [3.05, 3.63) is 24.3 Å². The van der Waals surface area contributed by atoms with Gasteiger partial charge in [-0.1, -0.05) is 34.8 Å². The molecule has 8 heteroatoms. The van der Waals surface area contributed by atoms with Gasteiger partial charge in [-0.05, 0) is 30.5 Å². The van der Waals surface area contributed by atoms with Crippen molar-refractivity contribution in [2.24, 2.45) is 0 Å². The van der Waals surface area contributed by atoms with Crippen LogP contribution in [0.5, 0.6) is 0 Å². The van der Waals surface area contributed by atoms with Crippen molar-refractivity contribution in [3.8, 4) is 0 Å². The largest absolute Gasteiger partial charge is 0.369 e. The van der Waals surface area contributed by atoms with E-state index in [-0.39, 0.29) is 0 Å². The van der Waals surface area contributed by atoms with Crippen LogP contribution in [0.15, 0.2) is 29.2 Å². The molecular formula is C11H13Cl3N2O2S. The third kappa shape index (κ3) is 4.93. The van der Waals surface area contributed by atoms with Gasteiger partial charge in [0.2, 0.25) is 3.79 Å². The first kappa shape index (κ1) is 16.7. The average molecular weight is 344 g/mol. The SMILES string of the molecule is CSc1ccc(NC(=O)N(C)C(O)C(Cl)(Cl)Cl)cc1. The Labute approximate surface area is 131 Å². The number of amides is 2. The Kier molecular flexibility index (Phi) is 6.08. The van der Waals surface area contributed by atoms with E-state index in [1.807, 2.05) is 18.4 Å². The van der Waals surface area contributed by atoms with E-state index in [2.05, 4.69) is 5.32 Å². The lowest BCUT2D eigenvalue weighted by atomic mass is 10.3. The number of benzene rings is 1. The number of carbonyl (C=O) groups excluding carboxylic acids is 1. The molecule has 106 valence electrons. The van der Waals surface area contributed by atoms with E-state index < -0.39 is 16.1 Å². The van der Waals surface area contributed by atoms with Gasteiger partial charge in [0.1, 0.15) is 0 Å². The number of rotatable bonds is 3. The minimum Gasteiger partial charge on any atom is -0.369 e. The highest BCUT2D eigenvalue weighted by Gasteiger charge is 2.36. The van der Waals surface area contributed by atoms with Crippen LogP contribution in [-0.4, -0.2) is 39.4 Å². The van der Waals surface area contributed by atoms with Crippen LogP contribution in [0.3, 0.4) is 0 Å². The fourth-order valence-corrected chi connectivity index (χ4v) is 2.06. The first-order valence-electron chi connectivity index (χ1n) is 5.18. The van der Waals surface area contributed by atoms with Crippen LogP contribution in [-0.2, 0) is 0 Å². The molecular weight excluding hydrogens is 331 g/mol. The molecule has 0 aromatic heterocycles. The van der Waals surface area contributed by atoms with Crippen molar-refractivity contribution in [1.82, 2.24) is 4.90 Å². The molecule has 0 saturated carbocycles. The summed E-state index contributed by atoms with van der Waals surface area (Å²) in [6, 6.07) is 6.66. The minimum atomic E-state index is -1.96. The van der Waals surface area contributed by atoms with Crippen LogP contribution in [0.4, 0.5) is 10.5 Å². The van der Waals surface area contributed by atoms with Crippen LogP contribution in [0.1, 0.15) is 0 Å². The highest BCUT2D eigenvalue weighted by molar-refractivity contribution is 7.98. The molecule has 1 unspecified atom stereocenters. The summed E-state index contributed by atoms with van der Waals surface area (Å²) >= 11 is 18.2. The highest BCUT2D eigenvalue weighted by Crippen LogP contribution is 2.31. The smallest absolute Gasteiger partial charge is 0.323 e. The van der Waals surface area contributed by atoms with E-state index in [0.717, 1.165) is 9.80 Å². The third-order valence-electron chi connectivity index (χ3n) is 2.32. The van der Waals surface area contributed by atoms with Gasteiger partial charge in [-0.25, -0.2) is 4.79 Å². The predicted molar refractivity (Wildman–Crippen MR) is 81.3 cm³/mol. The van der Waals surface area contributed by atoms with Crippen molar-refractivity contribution in [3.63, 3.8) is 0 Å². The molecule has 1 atom stereocenters. The quantitative estimate of drug-likeness (QED) is 0.501. The van der Waals surface area contributed by atoms with Gasteiger partial charge in [-0.15, -0.1) is 11.8 Å². The van der Waals surface area contributed by atoms with Crippen LogP contribution < -0.4 is 5.32 Å². The Balaban J connectivity index is 2.68. The molecule has 0 aliphatic heterocycles. The second kappa shape index (κ2) is 6.90. The van der Waals surface area contributed by atoms with E-state index in [1.54, 1.807) is 23.9 Å². The number of carbonyl (C=O) groups is 1. The number of urea groups is 1. The van der Waals surface area contributed by atoms with E-state index in [0.29, 0.717) is 5.69 Å². The molecule has 0 spiro atoms. The van der Waals surface area contributed by atoms with Gasteiger partial charge < -0.3 is 10.4 Å². The number of aliphatic hydroxyl groups is 1. The maximum Gasteiger partial charge on any atom is 0.323 e. The molecule has 0 radical (unpaired) electrons. The molecule has 0 bridgehead atoms. The number of aliphatic hydroxyl groups excluding tert-OH is 1. The summed E-state index contributed by atoms with van der Waals surface area (Å²) in [5, 5.41) is 12.2. The summed E-state index contributed by atoms with van der Waals surface area (Å²) in [7, 11) is 1.33. The van der Waals surface area contributed by atoms with Gasteiger partial charge >= 0.3 is 6.03 Å². The van der Waals surface area contributed by atoms with Gasteiger partial charge in [-0.2, -0.15) is 0 Å². The monoisotopic (exact) mass is 342 g/mol. The average Bonchev–Trinajstić information content (AvgIpc) is 2.36. The minimum absolute atomic E-state index is 0.573. The maximum absolute atomic E-state index is 11.8. The second-order valence-corrected chi connectivity index (χ2v) is 6.93. The van der Waals surface area contributed by atoms with Crippen molar-refractivity contribution in [2.45, 2.75) is 14.9 Å². The first-order valence-corrected chi connectivity index (χ1v) is 7.54. The fourth-order valence-electron chi connectivity index (χ4n) is 1.22. The number of hydrogen-bond donors (Lipinski definition) is 2. The number of hydrogen-bond acceptors (Lipinski definition) is 3. The summed E-state index contributed by atoms with van der Waals surface area (Å²) in [4.78, 5) is 13.8. The van der Waals surface area contributed by atoms with E-state index >= 15 is 0 Å². The zero-order chi connectivity index (χ0) is 14.6. The maximum atomic E-state index is 11.8. The molecule has 0 aliphatic carbocycles. The van der Waals surface area contributed by atoms with Crippen molar-refractivity contribution in [2.75, 3.05) is 18.6 Å². The summed E-state index contributed by atoms with van der Waals surface area (Å²) in [5.74, 6) is 0. The Morgan fingerprint density at radius 1 is 1.37 bits per heavy atom. The fraction of sp³-hybridized carbons (Fsp3) is 0.364. The van der Waals surface area contributed by atoms with Crippen LogP contribution in [0.25, 0.3) is 0 Å². The van der Waals surface area contributed by atoms with Crippen molar-refractivity contribution < 1.29 is 9.90 Å².